The van der Waals surface area contributed by atoms with E-state index in [2.05, 4.69) is 15.9 Å². The fourth-order valence-electron chi connectivity index (χ4n) is 2.87. The number of carbonyl (C=O) groups excluding carboxylic acids is 1. The zero-order valence-electron chi connectivity index (χ0n) is 13.2. The van der Waals surface area contributed by atoms with Gasteiger partial charge in [0.1, 0.15) is 5.58 Å². The molecule has 3 aromatic carbocycles. The molecule has 1 heterocycles. The molecule has 0 atom stereocenters. The Bertz CT molecular complexity index is 1070. The quantitative estimate of drug-likeness (QED) is 0.457. The topological polar surface area (TPSA) is 56.2 Å². The molecule has 0 unspecified atom stereocenters. The van der Waals surface area contributed by atoms with Crippen LogP contribution < -0.4 is 5.73 Å². The van der Waals surface area contributed by atoms with Gasteiger partial charge in [-0.2, -0.15) is 0 Å². The fraction of sp³-hybridized carbons (Fsp3) is 0. The van der Waals surface area contributed by atoms with Crippen LogP contribution in [0.25, 0.3) is 22.1 Å². The van der Waals surface area contributed by atoms with Crippen LogP contribution in [-0.2, 0) is 0 Å². The highest BCUT2D eigenvalue weighted by Gasteiger charge is 2.21. The van der Waals surface area contributed by atoms with Crippen LogP contribution in [0.15, 0.2) is 81.7 Å². The van der Waals surface area contributed by atoms with Crippen LogP contribution in [0.3, 0.4) is 0 Å². The molecule has 2 N–H and O–H groups in total. The molecule has 4 rings (SSSR count). The second-order valence-electron chi connectivity index (χ2n) is 5.73. The first-order chi connectivity index (χ1) is 12.1. The lowest BCUT2D eigenvalue weighted by atomic mass is 10.0. The van der Waals surface area contributed by atoms with Gasteiger partial charge in [0.25, 0.3) is 0 Å². The van der Waals surface area contributed by atoms with Crippen LogP contribution in [0.1, 0.15) is 16.1 Å². The molecule has 0 fully saturated rings. The number of anilines is 1. The third-order valence-corrected chi connectivity index (χ3v) is 4.82. The van der Waals surface area contributed by atoms with Crippen molar-refractivity contribution in [3.8, 4) is 11.1 Å². The molecule has 0 aliphatic rings. The Morgan fingerprint density at radius 1 is 0.840 bits per heavy atom. The van der Waals surface area contributed by atoms with Gasteiger partial charge in [0.15, 0.2) is 5.76 Å². The Morgan fingerprint density at radius 3 is 2.20 bits per heavy atom. The van der Waals surface area contributed by atoms with Gasteiger partial charge < -0.3 is 10.2 Å². The summed E-state index contributed by atoms with van der Waals surface area (Å²) in [6.45, 7) is 0. The molecule has 4 heteroatoms. The molecule has 3 nitrogen and oxygen atoms in total. The molecule has 122 valence electrons. The van der Waals surface area contributed by atoms with Crippen LogP contribution in [0.5, 0.6) is 0 Å². The summed E-state index contributed by atoms with van der Waals surface area (Å²) in [6.07, 6.45) is 0. The lowest BCUT2D eigenvalue weighted by molar-refractivity contribution is 0.101. The minimum absolute atomic E-state index is 0.175. The van der Waals surface area contributed by atoms with Gasteiger partial charge >= 0.3 is 0 Å². The average Bonchev–Trinajstić information content (AvgIpc) is 3.00. The molecule has 0 bridgehead atoms. The summed E-state index contributed by atoms with van der Waals surface area (Å²) < 4.78 is 6.52. The van der Waals surface area contributed by atoms with Crippen molar-refractivity contribution in [2.75, 3.05) is 5.73 Å². The van der Waals surface area contributed by atoms with Crippen LogP contribution in [-0.4, -0.2) is 5.78 Å². The molecule has 4 aromatic rings. The standard InChI is InChI=1S/C21H14BrNO2/c22-16-7-4-8-17-18(16)19(23)21(25-17)20(24)15-11-9-14(10-12-15)13-5-2-1-3-6-13/h1-12H,23H2. The summed E-state index contributed by atoms with van der Waals surface area (Å²) in [6, 6.07) is 23.0. The van der Waals surface area contributed by atoms with Crippen molar-refractivity contribution < 1.29 is 9.21 Å². The van der Waals surface area contributed by atoms with E-state index in [0.717, 1.165) is 21.0 Å². The van der Waals surface area contributed by atoms with E-state index in [1.54, 1.807) is 18.2 Å². The van der Waals surface area contributed by atoms with Gasteiger partial charge in [0.2, 0.25) is 5.78 Å². The highest BCUT2D eigenvalue weighted by Crippen LogP contribution is 2.35. The van der Waals surface area contributed by atoms with Crippen molar-refractivity contribution in [2.24, 2.45) is 0 Å². The smallest absolute Gasteiger partial charge is 0.230 e. The van der Waals surface area contributed by atoms with E-state index in [1.165, 1.54) is 0 Å². The van der Waals surface area contributed by atoms with Crippen LogP contribution in [0, 0.1) is 0 Å². The summed E-state index contributed by atoms with van der Waals surface area (Å²) in [5.74, 6) is -0.0467. The maximum absolute atomic E-state index is 12.8. The molecule has 0 aliphatic heterocycles. The van der Waals surface area contributed by atoms with E-state index in [-0.39, 0.29) is 11.5 Å². The molecule has 0 radical (unpaired) electrons. The number of furan rings is 1. The first kappa shape index (κ1) is 15.7. The largest absolute Gasteiger partial charge is 0.450 e. The minimum Gasteiger partial charge on any atom is -0.450 e. The molecule has 0 amide bonds. The average molecular weight is 392 g/mol. The van der Waals surface area contributed by atoms with Gasteiger partial charge in [-0.05, 0) is 39.2 Å². The number of benzene rings is 3. The van der Waals surface area contributed by atoms with Crippen molar-refractivity contribution in [3.63, 3.8) is 0 Å². The van der Waals surface area contributed by atoms with Crippen LogP contribution in [0.2, 0.25) is 0 Å². The summed E-state index contributed by atoms with van der Waals surface area (Å²) >= 11 is 3.45. The molecular formula is C21H14BrNO2. The summed E-state index contributed by atoms with van der Waals surface area (Å²) in [5, 5.41) is 0.728. The van der Waals surface area contributed by atoms with E-state index < -0.39 is 0 Å². The van der Waals surface area contributed by atoms with E-state index in [0.29, 0.717) is 16.8 Å². The third-order valence-electron chi connectivity index (χ3n) is 4.16. The zero-order chi connectivity index (χ0) is 17.4. The summed E-state index contributed by atoms with van der Waals surface area (Å²) in [5.41, 5.74) is 9.81. The van der Waals surface area contributed by atoms with Gasteiger partial charge in [0.05, 0.1) is 11.1 Å². The Labute approximate surface area is 153 Å². The first-order valence-electron chi connectivity index (χ1n) is 7.82. The van der Waals surface area contributed by atoms with Gasteiger partial charge in [-0.1, -0.05) is 60.7 Å². The van der Waals surface area contributed by atoms with Gasteiger partial charge in [-0.25, -0.2) is 0 Å². The highest BCUT2D eigenvalue weighted by atomic mass is 79.9. The molecule has 0 aliphatic carbocycles. The zero-order valence-corrected chi connectivity index (χ0v) is 14.8. The number of nitrogen functional groups attached to an aromatic ring is 1. The Balaban J connectivity index is 1.72. The number of carbonyl (C=O) groups is 1. The van der Waals surface area contributed by atoms with Crippen molar-refractivity contribution in [1.29, 1.82) is 0 Å². The predicted molar refractivity (Wildman–Crippen MR) is 104 cm³/mol. The first-order valence-corrected chi connectivity index (χ1v) is 8.61. The Hall–Kier alpha value is -2.85. The van der Waals surface area contributed by atoms with E-state index in [1.807, 2.05) is 54.6 Å². The maximum atomic E-state index is 12.8. The molecule has 1 aromatic heterocycles. The van der Waals surface area contributed by atoms with Gasteiger partial charge in [0, 0.05) is 10.0 Å². The van der Waals surface area contributed by atoms with Crippen LogP contribution in [0.4, 0.5) is 5.69 Å². The monoisotopic (exact) mass is 391 g/mol. The lowest BCUT2D eigenvalue weighted by Crippen LogP contribution is -2.03. The maximum Gasteiger partial charge on any atom is 0.230 e. The van der Waals surface area contributed by atoms with Crippen molar-refractivity contribution >= 4 is 38.4 Å². The lowest BCUT2D eigenvalue weighted by Gasteiger charge is -2.03. The van der Waals surface area contributed by atoms with E-state index in [9.17, 15) is 4.79 Å². The number of ketones is 1. The molecular weight excluding hydrogens is 378 g/mol. The molecule has 0 saturated heterocycles. The predicted octanol–water partition coefficient (Wildman–Crippen LogP) is 5.68. The van der Waals surface area contributed by atoms with Crippen molar-refractivity contribution in [2.45, 2.75) is 0 Å². The van der Waals surface area contributed by atoms with E-state index >= 15 is 0 Å². The second-order valence-corrected chi connectivity index (χ2v) is 6.58. The number of halogens is 1. The third kappa shape index (κ3) is 2.75. The minimum atomic E-state index is -0.222. The van der Waals surface area contributed by atoms with Crippen molar-refractivity contribution in [3.05, 3.63) is 88.6 Å². The summed E-state index contributed by atoms with van der Waals surface area (Å²) in [7, 11) is 0. The van der Waals surface area contributed by atoms with Crippen molar-refractivity contribution in [1.82, 2.24) is 0 Å². The number of fused-ring (bicyclic) bond motifs is 1. The molecule has 0 spiro atoms. The second kappa shape index (κ2) is 6.22. The number of nitrogens with two attached hydrogens (primary N) is 1. The van der Waals surface area contributed by atoms with Crippen LogP contribution >= 0.6 is 15.9 Å². The Kier molecular flexibility index (Phi) is 3.90. The van der Waals surface area contributed by atoms with E-state index in [4.69, 9.17) is 10.2 Å². The summed E-state index contributed by atoms with van der Waals surface area (Å²) in [4.78, 5) is 12.8. The Morgan fingerprint density at radius 2 is 1.52 bits per heavy atom. The molecule has 0 saturated carbocycles. The SMILES string of the molecule is Nc1c(C(=O)c2ccc(-c3ccccc3)cc2)oc2cccc(Br)c12. The normalized spacial score (nSPS) is 10.9. The number of rotatable bonds is 3. The highest BCUT2D eigenvalue weighted by molar-refractivity contribution is 9.10. The fourth-order valence-corrected chi connectivity index (χ4v) is 3.44. The van der Waals surface area contributed by atoms with Gasteiger partial charge in [-0.15, -0.1) is 0 Å². The number of hydrogen-bond donors (Lipinski definition) is 1. The van der Waals surface area contributed by atoms with Gasteiger partial charge in [-0.3, -0.25) is 4.79 Å². The molecule has 25 heavy (non-hydrogen) atoms. The number of hydrogen-bond acceptors (Lipinski definition) is 3.